The van der Waals surface area contributed by atoms with E-state index in [0.29, 0.717) is 19.4 Å². The average molecular weight is 273 g/mol. The molecule has 4 heteroatoms. The lowest BCUT2D eigenvalue weighted by Crippen LogP contribution is -2.23. The molecule has 0 aliphatic rings. The van der Waals surface area contributed by atoms with E-state index < -0.39 is 0 Å². The Labute approximate surface area is 117 Å². The van der Waals surface area contributed by atoms with Crippen molar-refractivity contribution in [1.29, 1.82) is 0 Å². The predicted molar refractivity (Wildman–Crippen MR) is 74.1 cm³/mol. The van der Waals surface area contributed by atoms with Gasteiger partial charge in [-0.1, -0.05) is 42.5 Å². The molecule has 104 valence electrons. The van der Waals surface area contributed by atoms with Gasteiger partial charge in [0, 0.05) is 6.42 Å². The molecule has 0 aromatic heterocycles. The third kappa shape index (κ3) is 4.82. The van der Waals surface area contributed by atoms with Crippen LogP contribution < -0.4 is 5.48 Å². The summed E-state index contributed by atoms with van der Waals surface area (Å²) in [6.45, 7) is 0.336. The SMILES string of the molecule is O=C(CCc1ccc(F)cc1)NOCc1ccccc1. The van der Waals surface area contributed by atoms with Crippen LogP contribution in [0.2, 0.25) is 0 Å². The van der Waals surface area contributed by atoms with Crippen molar-refractivity contribution in [2.24, 2.45) is 0 Å². The number of hydroxylamine groups is 1. The van der Waals surface area contributed by atoms with Gasteiger partial charge in [0.15, 0.2) is 0 Å². The van der Waals surface area contributed by atoms with E-state index in [1.165, 1.54) is 12.1 Å². The molecule has 2 aromatic carbocycles. The number of halogens is 1. The molecular weight excluding hydrogens is 257 g/mol. The van der Waals surface area contributed by atoms with E-state index in [1.54, 1.807) is 12.1 Å². The summed E-state index contributed by atoms with van der Waals surface area (Å²) in [5.41, 5.74) is 4.31. The summed E-state index contributed by atoms with van der Waals surface area (Å²) < 4.78 is 12.7. The van der Waals surface area contributed by atoms with Gasteiger partial charge in [-0.25, -0.2) is 9.87 Å². The lowest BCUT2D eigenvalue weighted by atomic mass is 10.1. The number of nitrogens with one attached hydrogen (secondary N) is 1. The number of aryl methyl sites for hydroxylation is 1. The Balaban J connectivity index is 1.67. The van der Waals surface area contributed by atoms with E-state index in [1.807, 2.05) is 30.3 Å². The van der Waals surface area contributed by atoms with Crippen LogP contribution in [0.5, 0.6) is 0 Å². The van der Waals surface area contributed by atoms with Crippen LogP contribution in [0.4, 0.5) is 4.39 Å². The van der Waals surface area contributed by atoms with Gasteiger partial charge in [-0.2, -0.15) is 0 Å². The monoisotopic (exact) mass is 273 g/mol. The van der Waals surface area contributed by atoms with E-state index in [-0.39, 0.29) is 11.7 Å². The molecule has 0 heterocycles. The Morgan fingerprint density at radius 2 is 1.70 bits per heavy atom. The topological polar surface area (TPSA) is 38.3 Å². The molecule has 20 heavy (non-hydrogen) atoms. The van der Waals surface area contributed by atoms with Crippen molar-refractivity contribution < 1.29 is 14.0 Å². The Bertz CT molecular complexity index is 540. The van der Waals surface area contributed by atoms with Crippen LogP contribution in [-0.2, 0) is 22.7 Å². The molecule has 0 atom stereocenters. The maximum absolute atomic E-state index is 12.7. The van der Waals surface area contributed by atoms with Gasteiger partial charge in [-0.3, -0.25) is 9.63 Å². The number of hydrogen-bond acceptors (Lipinski definition) is 2. The highest BCUT2D eigenvalue weighted by Gasteiger charge is 2.02. The molecule has 0 unspecified atom stereocenters. The van der Waals surface area contributed by atoms with E-state index in [0.717, 1.165) is 11.1 Å². The fourth-order valence-corrected chi connectivity index (χ4v) is 1.73. The lowest BCUT2D eigenvalue weighted by molar-refractivity contribution is -0.134. The number of rotatable bonds is 6. The average Bonchev–Trinajstić information content (AvgIpc) is 2.48. The molecule has 0 fully saturated rings. The molecule has 0 bridgehead atoms. The van der Waals surface area contributed by atoms with Crippen LogP contribution in [0.3, 0.4) is 0 Å². The Kier molecular flexibility index (Phi) is 5.26. The summed E-state index contributed by atoms with van der Waals surface area (Å²) in [4.78, 5) is 16.7. The molecule has 1 amide bonds. The van der Waals surface area contributed by atoms with Crippen LogP contribution in [0.15, 0.2) is 54.6 Å². The number of carbonyl (C=O) groups is 1. The molecule has 2 rings (SSSR count). The Hall–Kier alpha value is -2.20. The van der Waals surface area contributed by atoms with Gasteiger partial charge in [0.1, 0.15) is 5.82 Å². The molecule has 3 nitrogen and oxygen atoms in total. The second-order valence-electron chi connectivity index (χ2n) is 4.43. The van der Waals surface area contributed by atoms with E-state index >= 15 is 0 Å². The molecule has 0 aliphatic heterocycles. The summed E-state index contributed by atoms with van der Waals surface area (Å²) in [6, 6.07) is 15.7. The quantitative estimate of drug-likeness (QED) is 0.822. The zero-order chi connectivity index (χ0) is 14.2. The standard InChI is InChI=1S/C16H16FNO2/c17-15-9-6-13(7-10-15)8-11-16(19)18-20-12-14-4-2-1-3-5-14/h1-7,9-10H,8,11-12H2,(H,18,19). The molecule has 0 saturated carbocycles. The molecule has 2 aromatic rings. The van der Waals surface area contributed by atoms with Crippen LogP contribution in [-0.4, -0.2) is 5.91 Å². The van der Waals surface area contributed by atoms with Crippen molar-refractivity contribution in [2.45, 2.75) is 19.4 Å². The Morgan fingerprint density at radius 1 is 1.00 bits per heavy atom. The van der Waals surface area contributed by atoms with Gasteiger partial charge in [0.25, 0.3) is 0 Å². The van der Waals surface area contributed by atoms with Crippen molar-refractivity contribution >= 4 is 5.91 Å². The second-order valence-corrected chi connectivity index (χ2v) is 4.43. The van der Waals surface area contributed by atoms with E-state index in [2.05, 4.69) is 5.48 Å². The normalized spacial score (nSPS) is 10.2. The van der Waals surface area contributed by atoms with Crippen LogP contribution in [0.25, 0.3) is 0 Å². The first kappa shape index (κ1) is 14.2. The summed E-state index contributed by atoms with van der Waals surface area (Å²) in [6.07, 6.45) is 0.862. The lowest BCUT2D eigenvalue weighted by Gasteiger charge is -2.06. The summed E-state index contributed by atoms with van der Waals surface area (Å²) in [7, 11) is 0. The minimum atomic E-state index is -0.274. The predicted octanol–water partition coefficient (Wildman–Crippen LogP) is 3.01. The summed E-state index contributed by atoms with van der Waals surface area (Å²) >= 11 is 0. The fourth-order valence-electron chi connectivity index (χ4n) is 1.73. The highest BCUT2D eigenvalue weighted by Crippen LogP contribution is 2.05. The van der Waals surface area contributed by atoms with Crippen LogP contribution in [0, 0.1) is 5.82 Å². The minimum Gasteiger partial charge on any atom is -0.273 e. The van der Waals surface area contributed by atoms with Gasteiger partial charge in [-0.15, -0.1) is 0 Å². The van der Waals surface area contributed by atoms with Crippen molar-refractivity contribution in [1.82, 2.24) is 5.48 Å². The maximum atomic E-state index is 12.7. The first-order valence-electron chi connectivity index (χ1n) is 6.43. The number of benzene rings is 2. The van der Waals surface area contributed by atoms with Gasteiger partial charge >= 0.3 is 0 Å². The number of carbonyl (C=O) groups excluding carboxylic acids is 1. The van der Waals surface area contributed by atoms with Crippen molar-refractivity contribution in [3.63, 3.8) is 0 Å². The second kappa shape index (κ2) is 7.40. The smallest absolute Gasteiger partial charge is 0.243 e. The minimum absolute atomic E-state index is 0.190. The zero-order valence-corrected chi connectivity index (χ0v) is 11.0. The third-order valence-corrected chi connectivity index (χ3v) is 2.82. The largest absolute Gasteiger partial charge is 0.273 e. The van der Waals surface area contributed by atoms with Crippen molar-refractivity contribution in [2.75, 3.05) is 0 Å². The van der Waals surface area contributed by atoms with E-state index in [4.69, 9.17) is 4.84 Å². The fraction of sp³-hybridized carbons (Fsp3) is 0.188. The third-order valence-electron chi connectivity index (χ3n) is 2.82. The highest BCUT2D eigenvalue weighted by molar-refractivity contribution is 5.75. The number of hydrogen-bond donors (Lipinski definition) is 1. The zero-order valence-electron chi connectivity index (χ0n) is 11.0. The van der Waals surface area contributed by atoms with Gasteiger partial charge in [-0.05, 0) is 29.7 Å². The molecule has 0 radical (unpaired) electrons. The molecule has 0 aliphatic carbocycles. The maximum Gasteiger partial charge on any atom is 0.243 e. The van der Waals surface area contributed by atoms with Crippen molar-refractivity contribution in [3.8, 4) is 0 Å². The van der Waals surface area contributed by atoms with E-state index in [9.17, 15) is 9.18 Å². The molecular formula is C16H16FNO2. The first-order chi connectivity index (χ1) is 9.74. The molecule has 0 saturated heterocycles. The van der Waals surface area contributed by atoms with Crippen molar-refractivity contribution in [3.05, 3.63) is 71.5 Å². The van der Waals surface area contributed by atoms with Gasteiger partial charge < -0.3 is 0 Å². The number of amides is 1. The van der Waals surface area contributed by atoms with Crippen LogP contribution in [0.1, 0.15) is 17.5 Å². The molecule has 0 spiro atoms. The summed E-state index contributed by atoms with van der Waals surface area (Å²) in [5.74, 6) is -0.463. The van der Waals surface area contributed by atoms with Gasteiger partial charge in [0.2, 0.25) is 5.91 Å². The Morgan fingerprint density at radius 3 is 2.40 bits per heavy atom. The van der Waals surface area contributed by atoms with Crippen LogP contribution >= 0.6 is 0 Å². The summed E-state index contributed by atoms with van der Waals surface area (Å²) in [5, 5.41) is 0. The van der Waals surface area contributed by atoms with Gasteiger partial charge in [0.05, 0.1) is 6.61 Å². The highest BCUT2D eigenvalue weighted by atomic mass is 19.1. The first-order valence-corrected chi connectivity index (χ1v) is 6.43. The molecule has 1 N–H and O–H groups in total.